The molecule has 0 aromatic heterocycles. The van der Waals surface area contributed by atoms with Crippen molar-refractivity contribution in [3.63, 3.8) is 0 Å². The molecule has 1 heterocycles. The highest BCUT2D eigenvalue weighted by molar-refractivity contribution is 6.52. The Hall–Kier alpha value is -3.19. The van der Waals surface area contributed by atoms with Crippen LogP contribution in [-0.2, 0) is 9.59 Å². The summed E-state index contributed by atoms with van der Waals surface area (Å²) in [4.78, 5) is 27.9. The maximum absolute atomic E-state index is 13.3. The summed E-state index contributed by atoms with van der Waals surface area (Å²) in [5.41, 5.74) is 1.06. The Morgan fingerprint density at radius 2 is 1.66 bits per heavy atom. The van der Waals surface area contributed by atoms with Crippen molar-refractivity contribution in [3.05, 3.63) is 92.4 Å². The zero-order valence-corrected chi connectivity index (χ0v) is 21.0. The topological polar surface area (TPSA) is 76.1 Å². The van der Waals surface area contributed by atoms with E-state index in [9.17, 15) is 14.7 Å². The van der Waals surface area contributed by atoms with Gasteiger partial charge >= 0.3 is 0 Å². The van der Waals surface area contributed by atoms with Gasteiger partial charge in [-0.2, -0.15) is 0 Å². The van der Waals surface area contributed by atoms with Crippen molar-refractivity contribution in [2.24, 2.45) is 0 Å². The van der Waals surface area contributed by atoms with Gasteiger partial charge in [0.2, 0.25) is 0 Å². The third-order valence-corrected chi connectivity index (χ3v) is 6.32. The summed E-state index contributed by atoms with van der Waals surface area (Å²) in [6.45, 7) is 2.29. The smallest absolute Gasteiger partial charge is 0.300 e. The van der Waals surface area contributed by atoms with E-state index >= 15 is 0 Å². The van der Waals surface area contributed by atoms with Gasteiger partial charge in [0.1, 0.15) is 11.5 Å². The first-order chi connectivity index (χ1) is 16.8. The summed E-state index contributed by atoms with van der Waals surface area (Å²) in [6, 6.07) is 15.4. The molecule has 0 radical (unpaired) electrons. The number of carbonyl (C=O) groups is 2. The van der Waals surface area contributed by atoms with Crippen LogP contribution in [0, 0.1) is 0 Å². The number of benzene rings is 3. The number of ketones is 1. The molecule has 1 aliphatic rings. The van der Waals surface area contributed by atoms with Crippen LogP contribution in [0.15, 0.2) is 66.2 Å². The normalized spacial score (nSPS) is 17.1. The number of anilines is 1. The van der Waals surface area contributed by atoms with E-state index in [1.54, 1.807) is 48.5 Å². The first kappa shape index (κ1) is 24.9. The molecule has 0 aliphatic carbocycles. The van der Waals surface area contributed by atoms with E-state index in [-0.39, 0.29) is 26.9 Å². The lowest BCUT2D eigenvalue weighted by molar-refractivity contribution is -0.132. The van der Waals surface area contributed by atoms with Crippen LogP contribution >= 0.6 is 34.8 Å². The van der Waals surface area contributed by atoms with E-state index in [2.05, 4.69) is 0 Å². The predicted octanol–water partition coefficient (Wildman–Crippen LogP) is 6.68. The van der Waals surface area contributed by atoms with Gasteiger partial charge in [0.25, 0.3) is 11.7 Å². The van der Waals surface area contributed by atoms with Gasteiger partial charge in [-0.25, -0.2) is 0 Å². The molecular formula is C26H20Cl3NO5. The number of Topliss-reactive ketones (excluding diaryl/α,β-unsaturated/α-hetero) is 1. The fourth-order valence-electron chi connectivity index (χ4n) is 4.00. The molecule has 0 saturated carbocycles. The molecule has 1 unspecified atom stereocenters. The summed E-state index contributed by atoms with van der Waals surface area (Å²) in [5, 5.41) is 12.1. The van der Waals surface area contributed by atoms with Crippen LogP contribution in [0.5, 0.6) is 11.5 Å². The lowest BCUT2D eigenvalue weighted by atomic mass is 9.95. The Morgan fingerprint density at radius 1 is 1.00 bits per heavy atom. The Kier molecular flexibility index (Phi) is 7.26. The minimum Gasteiger partial charge on any atom is -0.507 e. The Labute approximate surface area is 217 Å². The third kappa shape index (κ3) is 4.69. The van der Waals surface area contributed by atoms with Crippen molar-refractivity contribution in [3.8, 4) is 11.5 Å². The number of methoxy groups -OCH3 is 1. The molecule has 6 nitrogen and oxygen atoms in total. The number of ether oxygens (including phenoxy) is 2. The Bertz CT molecular complexity index is 1310. The van der Waals surface area contributed by atoms with E-state index in [1.165, 1.54) is 24.1 Å². The number of aliphatic hydroxyl groups excluding tert-OH is 1. The van der Waals surface area contributed by atoms with Gasteiger partial charge in [-0.15, -0.1) is 0 Å². The molecule has 180 valence electrons. The molecule has 1 fully saturated rings. The molecule has 1 aliphatic heterocycles. The first-order valence-corrected chi connectivity index (χ1v) is 11.7. The zero-order chi connectivity index (χ0) is 25.3. The average molecular weight is 533 g/mol. The van der Waals surface area contributed by atoms with E-state index in [0.29, 0.717) is 28.6 Å². The fourth-order valence-corrected chi connectivity index (χ4v) is 4.77. The second-order valence-electron chi connectivity index (χ2n) is 7.62. The van der Waals surface area contributed by atoms with Gasteiger partial charge in [-0.1, -0.05) is 46.9 Å². The Morgan fingerprint density at radius 3 is 2.26 bits per heavy atom. The van der Waals surface area contributed by atoms with Crippen molar-refractivity contribution in [1.82, 2.24) is 0 Å². The number of nitrogens with zero attached hydrogens (tertiary/aromatic N) is 1. The van der Waals surface area contributed by atoms with Gasteiger partial charge in [-0.05, 0) is 61.0 Å². The Balaban J connectivity index is 1.95. The summed E-state index contributed by atoms with van der Waals surface area (Å²) >= 11 is 18.6. The van der Waals surface area contributed by atoms with Crippen LogP contribution in [0.1, 0.15) is 24.1 Å². The number of halogens is 3. The number of rotatable bonds is 6. The fraction of sp³-hybridized carbons (Fsp3) is 0.154. The molecule has 1 amide bonds. The third-order valence-electron chi connectivity index (χ3n) is 5.51. The number of hydrogen-bond donors (Lipinski definition) is 1. The van der Waals surface area contributed by atoms with Crippen LogP contribution in [0.3, 0.4) is 0 Å². The van der Waals surface area contributed by atoms with Crippen LogP contribution in [0.2, 0.25) is 15.1 Å². The standard InChI is InChI=1S/C26H20Cl3NO5/c1-3-35-18-6-4-5-14(11-18)22-21(23(31)15-12-19(28)25(34-2)20(29)13-15)24(32)26(33)30(22)17-9-7-16(27)8-10-17/h4-13,22,31H,3H2,1-2H3/b23-21+. The monoisotopic (exact) mass is 531 g/mol. The van der Waals surface area contributed by atoms with E-state index in [4.69, 9.17) is 44.3 Å². The van der Waals surface area contributed by atoms with Gasteiger partial charge in [0.15, 0.2) is 5.75 Å². The number of aliphatic hydroxyl groups is 1. The SMILES string of the molecule is CCOc1cccc(C2/C(=C(\O)c3cc(Cl)c(OC)c(Cl)c3)C(=O)C(=O)N2c2ccc(Cl)cc2)c1. The molecule has 1 saturated heterocycles. The molecule has 1 N–H and O–H groups in total. The minimum absolute atomic E-state index is 0.115. The van der Waals surface area contributed by atoms with Crippen molar-refractivity contribution < 1.29 is 24.2 Å². The summed E-state index contributed by atoms with van der Waals surface area (Å²) in [6.07, 6.45) is 0. The van der Waals surface area contributed by atoms with Crippen LogP contribution in [0.4, 0.5) is 5.69 Å². The summed E-state index contributed by atoms with van der Waals surface area (Å²) < 4.78 is 10.8. The molecule has 0 bridgehead atoms. The molecular weight excluding hydrogens is 513 g/mol. The number of hydrogen-bond acceptors (Lipinski definition) is 5. The van der Waals surface area contributed by atoms with Gasteiger partial charge < -0.3 is 14.6 Å². The first-order valence-electron chi connectivity index (χ1n) is 10.6. The number of carbonyl (C=O) groups excluding carboxylic acids is 2. The van der Waals surface area contributed by atoms with Gasteiger partial charge in [-0.3, -0.25) is 14.5 Å². The second-order valence-corrected chi connectivity index (χ2v) is 8.87. The molecule has 3 aromatic rings. The quantitative estimate of drug-likeness (QED) is 0.218. The highest BCUT2D eigenvalue weighted by Gasteiger charge is 2.47. The van der Waals surface area contributed by atoms with Gasteiger partial charge in [0.05, 0.1) is 35.4 Å². The number of amides is 1. The highest BCUT2D eigenvalue weighted by Crippen LogP contribution is 2.44. The minimum atomic E-state index is -0.948. The van der Waals surface area contributed by atoms with Crippen LogP contribution in [-0.4, -0.2) is 30.5 Å². The summed E-state index contributed by atoms with van der Waals surface area (Å²) in [5.74, 6) is -1.29. The molecule has 3 aromatic carbocycles. The lowest BCUT2D eigenvalue weighted by Crippen LogP contribution is -2.29. The van der Waals surface area contributed by atoms with Crippen molar-refractivity contribution >= 4 is 57.9 Å². The van der Waals surface area contributed by atoms with Crippen molar-refractivity contribution in [2.45, 2.75) is 13.0 Å². The molecule has 0 spiro atoms. The van der Waals surface area contributed by atoms with E-state index in [1.807, 2.05) is 6.92 Å². The van der Waals surface area contributed by atoms with Crippen LogP contribution < -0.4 is 14.4 Å². The van der Waals surface area contributed by atoms with E-state index < -0.39 is 23.5 Å². The van der Waals surface area contributed by atoms with Crippen molar-refractivity contribution in [2.75, 3.05) is 18.6 Å². The average Bonchev–Trinajstić information content (AvgIpc) is 3.10. The molecule has 35 heavy (non-hydrogen) atoms. The summed E-state index contributed by atoms with van der Waals surface area (Å²) in [7, 11) is 1.41. The maximum Gasteiger partial charge on any atom is 0.300 e. The maximum atomic E-state index is 13.3. The lowest BCUT2D eigenvalue weighted by Gasteiger charge is -2.26. The van der Waals surface area contributed by atoms with E-state index in [0.717, 1.165) is 0 Å². The largest absolute Gasteiger partial charge is 0.507 e. The molecule has 1 atom stereocenters. The highest BCUT2D eigenvalue weighted by atomic mass is 35.5. The van der Waals surface area contributed by atoms with Crippen molar-refractivity contribution in [1.29, 1.82) is 0 Å². The zero-order valence-electron chi connectivity index (χ0n) is 18.7. The van der Waals surface area contributed by atoms with Gasteiger partial charge in [0, 0.05) is 16.3 Å². The molecule has 4 rings (SSSR count). The molecule has 9 heteroatoms. The predicted molar refractivity (Wildman–Crippen MR) is 137 cm³/mol. The second kappa shape index (κ2) is 10.2. The van der Waals surface area contributed by atoms with Crippen LogP contribution in [0.25, 0.3) is 5.76 Å².